The van der Waals surface area contributed by atoms with Gasteiger partial charge in [-0.05, 0) is 40.7 Å². The van der Waals surface area contributed by atoms with Gasteiger partial charge in [-0.3, -0.25) is 0 Å². The zero-order valence-electron chi connectivity index (χ0n) is 17.9. The number of thiocarbonyl (C=S) groups is 1. The van der Waals surface area contributed by atoms with E-state index in [0.29, 0.717) is 5.75 Å². The highest BCUT2D eigenvalue weighted by Gasteiger charge is 2.27. The summed E-state index contributed by atoms with van der Waals surface area (Å²) in [4.78, 5) is 0. The Morgan fingerprint density at radius 3 is 1.81 bits per heavy atom. The summed E-state index contributed by atoms with van der Waals surface area (Å²) in [6.07, 6.45) is 7.86. The molecule has 1 rings (SSSR count). The molecule has 148 valence electrons. The molecular formula is C23H38OS2. The maximum atomic E-state index is 10.8. The minimum Gasteiger partial charge on any atom is -0.507 e. The lowest BCUT2D eigenvalue weighted by atomic mass is 9.78. The van der Waals surface area contributed by atoms with E-state index in [4.69, 9.17) is 12.2 Å². The summed E-state index contributed by atoms with van der Waals surface area (Å²) in [5.74, 6) is 1.51. The van der Waals surface area contributed by atoms with E-state index < -0.39 is 0 Å². The van der Waals surface area contributed by atoms with Crippen molar-refractivity contribution in [2.45, 2.75) is 97.8 Å². The summed E-state index contributed by atoms with van der Waals surface area (Å²) in [6.45, 7) is 15.1. The second-order valence-electron chi connectivity index (χ2n) is 9.32. The quantitative estimate of drug-likeness (QED) is 0.359. The first-order valence-corrected chi connectivity index (χ1v) is 11.4. The Morgan fingerprint density at radius 2 is 1.35 bits per heavy atom. The first-order valence-electron chi connectivity index (χ1n) is 10.0. The molecule has 0 aliphatic carbocycles. The van der Waals surface area contributed by atoms with Gasteiger partial charge in [0.2, 0.25) is 0 Å². The third-order valence-electron chi connectivity index (χ3n) is 4.69. The van der Waals surface area contributed by atoms with Gasteiger partial charge in [0, 0.05) is 11.1 Å². The Hall–Kier alpha value is -0.540. The molecule has 0 atom stereocenters. The summed E-state index contributed by atoms with van der Waals surface area (Å²) >= 11 is 7.52. The molecule has 0 aliphatic heterocycles. The predicted octanol–water partition coefficient (Wildman–Crippen LogP) is 7.76. The molecule has 26 heavy (non-hydrogen) atoms. The predicted molar refractivity (Wildman–Crippen MR) is 123 cm³/mol. The normalized spacial score (nSPS) is 12.4. The van der Waals surface area contributed by atoms with E-state index in [0.717, 1.165) is 26.6 Å². The number of thioether (sulfide) groups is 1. The lowest BCUT2D eigenvalue weighted by molar-refractivity contribution is 0.423. The molecule has 1 N–H and O–H groups in total. The van der Waals surface area contributed by atoms with Crippen LogP contribution in [0.25, 0.3) is 0 Å². The Labute approximate surface area is 171 Å². The number of rotatable bonds is 8. The van der Waals surface area contributed by atoms with Gasteiger partial charge in [0.05, 0.1) is 4.20 Å². The van der Waals surface area contributed by atoms with Gasteiger partial charge in [-0.1, -0.05) is 92.8 Å². The third kappa shape index (κ3) is 7.23. The Morgan fingerprint density at radius 1 is 0.885 bits per heavy atom. The van der Waals surface area contributed by atoms with E-state index in [-0.39, 0.29) is 10.8 Å². The minimum absolute atomic E-state index is 0.111. The maximum absolute atomic E-state index is 10.8. The molecular weight excluding hydrogens is 356 g/mol. The van der Waals surface area contributed by atoms with Crippen LogP contribution in [0.2, 0.25) is 0 Å². The highest BCUT2D eigenvalue weighted by Crippen LogP contribution is 2.40. The molecule has 0 heterocycles. The van der Waals surface area contributed by atoms with Gasteiger partial charge in [0.1, 0.15) is 5.75 Å². The number of hydrogen-bond donors (Lipinski definition) is 1. The van der Waals surface area contributed by atoms with Crippen molar-refractivity contribution in [1.29, 1.82) is 0 Å². The number of aromatic hydroxyl groups is 1. The molecule has 0 saturated carbocycles. The van der Waals surface area contributed by atoms with Crippen LogP contribution in [0, 0.1) is 0 Å². The molecule has 0 aromatic heterocycles. The lowest BCUT2D eigenvalue weighted by Gasteiger charge is -2.28. The zero-order chi connectivity index (χ0) is 20.0. The molecule has 0 bridgehead atoms. The van der Waals surface area contributed by atoms with Crippen molar-refractivity contribution in [3.8, 4) is 5.75 Å². The molecule has 1 nitrogen and oxygen atoms in total. The summed E-state index contributed by atoms with van der Waals surface area (Å²) < 4.78 is 0.953. The number of unbranched alkanes of at least 4 members (excludes halogenated alkanes) is 5. The second kappa shape index (κ2) is 10.1. The average molecular weight is 395 g/mol. The molecule has 0 aliphatic rings. The van der Waals surface area contributed by atoms with Crippen molar-refractivity contribution < 1.29 is 5.11 Å². The van der Waals surface area contributed by atoms with Gasteiger partial charge in [-0.2, -0.15) is 0 Å². The van der Waals surface area contributed by atoms with Gasteiger partial charge in [-0.15, -0.1) is 11.8 Å². The van der Waals surface area contributed by atoms with Crippen LogP contribution in [-0.4, -0.2) is 15.1 Å². The average Bonchev–Trinajstić information content (AvgIpc) is 2.51. The highest BCUT2D eigenvalue weighted by molar-refractivity contribution is 8.23. The standard InChI is InChI=1S/C23H38OS2/c1-8-9-10-11-12-13-14-26-21(25)17-15-18(22(2,3)4)20(24)19(16-17)23(5,6)7/h15-16,24H,8-14H2,1-7H3. The van der Waals surface area contributed by atoms with E-state index in [1.807, 2.05) is 0 Å². The lowest BCUT2D eigenvalue weighted by Crippen LogP contribution is -2.18. The van der Waals surface area contributed by atoms with Crippen molar-refractivity contribution in [2.75, 3.05) is 5.75 Å². The molecule has 0 spiro atoms. The molecule has 0 saturated heterocycles. The monoisotopic (exact) mass is 394 g/mol. The summed E-state index contributed by atoms with van der Waals surface area (Å²) in [5, 5.41) is 10.8. The van der Waals surface area contributed by atoms with E-state index in [1.165, 1.54) is 38.5 Å². The summed E-state index contributed by atoms with van der Waals surface area (Å²) in [7, 11) is 0. The Kier molecular flexibility index (Phi) is 9.15. The van der Waals surface area contributed by atoms with Gasteiger partial charge in [0.25, 0.3) is 0 Å². The SMILES string of the molecule is CCCCCCCCSC(=S)c1cc(C(C)(C)C)c(O)c(C(C)(C)C)c1. The van der Waals surface area contributed by atoms with Crippen LogP contribution in [-0.2, 0) is 10.8 Å². The van der Waals surface area contributed by atoms with Crippen LogP contribution in [0.4, 0.5) is 0 Å². The first kappa shape index (κ1) is 23.5. The largest absolute Gasteiger partial charge is 0.507 e. The van der Waals surface area contributed by atoms with Gasteiger partial charge < -0.3 is 5.11 Å². The molecule has 1 aromatic carbocycles. The zero-order valence-corrected chi connectivity index (χ0v) is 19.5. The molecule has 3 heteroatoms. The van der Waals surface area contributed by atoms with Gasteiger partial charge in [-0.25, -0.2) is 0 Å². The van der Waals surface area contributed by atoms with Crippen LogP contribution in [0.1, 0.15) is 104 Å². The fraction of sp³-hybridized carbons (Fsp3) is 0.696. The minimum atomic E-state index is -0.111. The highest BCUT2D eigenvalue weighted by atomic mass is 32.2. The summed E-state index contributed by atoms with van der Waals surface area (Å²) in [5.41, 5.74) is 2.84. The van der Waals surface area contributed by atoms with E-state index >= 15 is 0 Å². The van der Waals surface area contributed by atoms with Crippen molar-refractivity contribution in [2.24, 2.45) is 0 Å². The second-order valence-corrected chi connectivity index (χ2v) is 11.1. The number of benzene rings is 1. The van der Waals surface area contributed by atoms with Crippen molar-refractivity contribution in [1.82, 2.24) is 0 Å². The van der Waals surface area contributed by atoms with Crippen LogP contribution in [0.3, 0.4) is 0 Å². The Balaban J connectivity index is 2.86. The van der Waals surface area contributed by atoms with E-state index in [2.05, 4.69) is 60.6 Å². The van der Waals surface area contributed by atoms with E-state index in [9.17, 15) is 5.11 Å². The topological polar surface area (TPSA) is 20.2 Å². The molecule has 0 unspecified atom stereocenters. The van der Waals surface area contributed by atoms with Crippen molar-refractivity contribution in [3.63, 3.8) is 0 Å². The van der Waals surface area contributed by atoms with Crippen LogP contribution in [0.15, 0.2) is 12.1 Å². The van der Waals surface area contributed by atoms with Gasteiger partial charge in [0.15, 0.2) is 0 Å². The van der Waals surface area contributed by atoms with Crippen molar-refractivity contribution in [3.05, 3.63) is 28.8 Å². The molecule has 0 fully saturated rings. The smallest absolute Gasteiger partial charge is 0.123 e. The van der Waals surface area contributed by atoms with E-state index in [1.54, 1.807) is 11.8 Å². The van der Waals surface area contributed by atoms with Crippen LogP contribution >= 0.6 is 24.0 Å². The van der Waals surface area contributed by atoms with Gasteiger partial charge >= 0.3 is 0 Å². The molecule has 0 amide bonds. The fourth-order valence-electron chi connectivity index (χ4n) is 3.03. The number of phenolic OH excluding ortho intramolecular Hbond substituents is 1. The van der Waals surface area contributed by atoms with Crippen molar-refractivity contribution >= 4 is 28.2 Å². The molecule has 0 radical (unpaired) electrons. The maximum Gasteiger partial charge on any atom is 0.123 e. The summed E-state index contributed by atoms with van der Waals surface area (Å²) in [6, 6.07) is 4.20. The Bertz CT molecular complexity index is 556. The number of hydrogen-bond acceptors (Lipinski definition) is 3. The third-order valence-corrected chi connectivity index (χ3v) is 6.27. The van der Waals surface area contributed by atoms with Crippen LogP contribution in [0.5, 0.6) is 5.75 Å². The molecule has 1 aromatic rings. The van der Waals surface area contributed by atoms with Crippen LogP contribution < -0.4 is 0 Å². The first-order chi connectivity index (χ1) is 12.0. The number of phenols is 1. The fourth-order valence-corrected chi connectivity index (χ4v) is 4.21.